The van der Waals surface area contributed by atoms with E-state index in [1.807, 2.05) is 60.7 Å². The average Bonchev–Trinajstić information content (AvgIpc) is 3.89. The second-order valence-corrected chi connectivity index (χ2v) is 14.9. The number of aromatic nitrogens is 2. The number of alkyl carbamates (subject to hydrolysis) is 1. The lowest BCUT2D eigenvalue weighted by atomic mass is 9.95. The predicted octanol–water partition coefficient (Wildman–Crippen LogP) is 5.27. The first-order valence-electron chi connectivity index (χ1n) is 17.8. The first-order chi connectivity index (χ1) is 25.4. The highest BCUT2D eigenvalue weighted by atomic mass is 32.1. The molecule has 1 aliphatic rings. The Morgan fingerprint density at radius 2 is 1.42 bits per heavy atom. The van der Waals surface area contributed by atoms with E-state index >= 15 is 0 Å². The maximum Gasteiger partial charge on any atom is 0.407 e. The van der Waals surface area contributed by atoms with Gasteiger partial charge in [-0.25, -0.2) is 9.59 Å². The molecule has 1 saturated heterocycles. The number of amides is 4. The third-order valence-electron chi connectivity index (χ3n) is 8.92. The minimum absolute atomic E-state index is 0.152. The summed E-state index contributed by atoms with van der Waals surface area (Å²) in [7, 11) is 1.72. The standard InChI is InChI=1S/C38H49N7O5S2/c1-44(25-33-23-39-27-51-33)37(47)43-35(13-8-16-45-17-19-49-20-18-45)36(46)41-31(21-29-9-4-2-5-10-29)14-15-32(22-30-11-6-3-7-12-30)42-38(48)50-26-34-24-40-28-52-34/h2-7,9-12,23-24,27-28,31-32,35H,8,13-22,25-26H2,1H3,(H,41,46)(H,42,48)(H,43,47)/t31-,32-,35+/m1/s1. The number of carbonyl (C=O) groups excluding carboxylic acids is 3. The van der Waals surface area contributed by atoms with Crippen LogP contribution in [0.1, 0.15) is 46.6 Å². The van der Waals surface area contributed by atoms with Gasteiger partial charge in [0.05, 0.1) is 35.7 Å². The summed E-state index contributed by atoms with van der Waals surface area (Å²) in [6.07, 6.45) is 6.56. The minimum Gasteiger partial charge on any atom is -0.444 e. The fraction of sp³-hybridized carbons (Fsp3) is 0.447. The van der Waals surface area contributed by atoms with Crippen molar-refractivity contribution in [3.05, 3.63) is 105 Å². The number of nitrogens with one attached hydrogen (secondary N) is 3. The van der Waals surface area contributed by atoms with E-state index in [2.05, 4.69) is 30.8 Å². The summed E-state index contributed by atoms with van der Waals surface area (Å²) >= 11 is 2.91. The van der Waals surface area contributed by atoms with Crippen molar-refractivity contribution in [1.82, 2.24) is 35.7 Å². The minimum atomic E-state index is -0.726. The van der Waals surface area contributed by atoms with Gasteiger partial charge in [0.15, 0.2) is 0 Å². The molecule has 2 aromatic heterocycles. The molecule has 278 valence electrons. The largest absolute Gasteiger partial charge is 0.444 e. The zero-order valence-electron chi connectivity index (χ0n) is 29.7. The summed E-state index contributed by atoms with van der Waals surface area (Å²) < 4.78 is 11.0. The van der Waals surface area contributed by atoms with Crippen molar-refractivity contribution in [3.8, 4) is 0 Å². The van der Waals surface area contributed by atoms with Crippen LogP contribution in [0, 0.1) is 0 Å². The number of ether oxygens (including phenoxy) is 2. The van der Waals surface area contributed by atoms with E-state index in [0.717, 1.165) is 46.9 Å². The van der Waals surface area contributed by atoms with Crippen LogP contribution in [0.15, 0.2) is 84.1 Å². The molecule has 3 atom stereocenters. The van der Waals surface area contributed by atoms with Crippen molar-refractivity contribution >= 4 is 40.7 Å². The number of hydrogen-bond donors (Lipinski definition) is 3. The van der Waals surface area contributed by atoms with Gasteiger partial charge in [0.1, 0.15) is 12.6 Å². The molecule has 5 rings (SSSR count). The Morgan fingerprint density at radius 1 is 0.827 bits per heavy atom. The lowest BCUT2D eigenvalue weighted by Gasteiger charge is -2.29. The highest BCUT2D eigenvalue weighted by Gasteiger charge is 2.26. The van der Waals surface area contributed by atoms with Gasteiger partial charge in [0, 0.05) is 49.5 Å². The maximum atomic E-state index is 14.1. The summed E-state index contributed by atoms with van der Waals surface area (Å²) in [5.74, 6) is -0.223. The molecule has 3 N–H and O–H groups in total. The van der Waals surface area contributed by atoms with Crippen LogP contribution in [0.25, 0.3) is 0 Å². The number of thiazole rings is 2. The molecule has 2 aromatic carbocycles. The van der Waals surface area contributed by atoms with Gasteiger partial charge in [-0.2, -0.15) is 0 Å². The quantitative estimate of drug-likeness (QED) is 0.118. The van der Waals surface area contributed by atoms with E-state index in [4.69, 9.17) is 9.47 Å². The first-order valence-corrected chi connectivity index (χ1v) is 19.5. The van der Waals surface area contributed by atoms with Gasteiger partial charge in [-0.15, -0.1) is 22.7 Å². The van der Waals surface area contributed by atoms with Gasteiger partial charge in [0.2, 0.25) is 5.91 Å². The summed E-state index contributed by atoms with van der Waals surface area (Å²) in [6.45, 7) is 4.49. The van der Waals surface area contributed by atoms with E-state index in [0.29, 0.717) is 51.9 Å². The second kappa shape index (κ2) is 21.2. The molecule has 52 heavy (non-hydrogen) atoms. The van der Waals surface area contributed by atoms with Crippen LogP contribution in [0.2, 0.25) is 0 Å². The average molecular weight is 748 g/mol. The second-order valence-electron chi connectivity index (χ2n) is 13.0. The molecule has 14 heteroatoms. The van der Waals surface area contributed by atoms with Crippen molar-refractivity contribution in [2.75, 3.05) is 39.9 Å². The van der Waals surface area contributed by atoms with Gasteiger partial charge < -0.3 is 30.3 Å². The van der Waals surface area contributed by atoms with E-state index in [1.165, 1.54) is 22.7 Å². The third-order valence-corrected chi connectivity index (χ3v) is 10.4. The number of nitrogens with zero attached hydrogens (tertiary/aromatic N) is 4. The van der Waals surface area contributed by atoms with Crippen LogP contribution in [0.3, 0.4) is 0 Å². The van der Waals surface area contributed by atoms with Gasteiger partial charge in [0.25, 0.3) is 0 Å². The molecule has 0 unspecified atom stereocenters. The highest BCUT2D eigenvalue weighted by molar-refractivity contribution is 7.09. The Labute approximate surface area is 313 Å². The van der Waals surface area contributed by atoms with Gasteiger partial charge in [-0.3, -0.25) is 19.7 Å². The third kappa shape index (κ3) is 13.6. The summed E-state index contributed by atoms with van der Waals surface area (Å²) in [5.41, 5.74) is 5.62. The molecule has 0 radical (unpaired) electrons. The van der Waals surface area contributed by atoms with Crippen LogP contribution in [-0.4, -0.2) is 95.8 Å². The van der Waals surface area contributed by atoms with Crippen LogP contribution < -0.4 is 16.0 Å². The molecular formula is C38H49N7O5S2. The normalized spacial score (nSPS) is 14.9. The Morgan fingerprint density at radius 3 is 2.02 bits per heavy atom. The monoisotopic (exact) mass is 747 g/mol. The number of benzene rings is 2. The van der Waals surface area contributed by atoms with Crippen molar-refractivity contribution in [2.45, 2.75) is 69.8 Å². The van der Waals surface area contributed by atoms with Crippen LogP contribution in [-0.2, 0) is 40.3 Å². The van der Waals surface area contributed by atoms with Crippen molar-refractivity contribution in [1.29, 1.82) is 0 Å². The zero-order valence-corrected chi connectivity index (χ0v) is 31.3. The lowest BCUT2D eigenvalue weighted by molar-refractivity contribution is -0.124. The van der Waals surface area contributed by atoms with Gasteiger partial charge in [-0.1, -0.05) is 60.7 Å². The predicted molar refractivity (Wildman–Crippen MR) is 203 cm³/mol. The van der Waals surface area contributed by atoms with Gasteiger partial charge in [-0.05, 0) is 56.2 Å². The summed E-state index contributed by atoms with van der Waals surface area (Å²) in [4.78, 5) is 54.3. The van der Waals surface area contributed by atoms with E-state index in [-0.39, 0.29) is 30.6 Å². The molecule has 1 aliphatic heterocycles. The number of hydrogen-bond acceptors (Lipinski definition) is 10. The maximum absolute atomic E-state index is 14.1. The molecule has 0 bridgehead atoms. The van der Waals surface area contributed by atoms with Gasteiger partial charge >= 0.3 is 12.1 Å². The van der Waals surface area contributed by atoms with E-state index in [1.54, 1.807) is 35.4 Å². The molecule has 3 heterocycles. The molecule has 1 fully saturated rings. The highest BCUT2D eigenvalue weighted by Crippen LogP contribution is 2.16. The molecule has 0 aliphatic carbocycles. The molecule has 0 spiro atoms. The van der Waals surface area contributed by atoms with Crippen LogP contribution in [0.5, 0.6) is 0 Å². The Bertz CT molecular complexity index is 1610. The first kappa shape index (κ1) is 38.9. The number of morpholine rings is 1. The SMILES string of the molecule is CN(Cc1cncs1)C(=O)N[C@@H](CCCN1CCOCC1)C(=O)N[C@H](CC[C@H](Cc1ccccc1)NC(=O)OCc1cncs1)Cc1ccccc1. The van der Waals surface area contributed by atoms with Crippen molar-refractivity contribution < 1.29 is 23.9 Å². The zero-order chi connectivity index (χ0) is 36.4. The van der Waals surface area contributed by atoms with E-state index < -0.39 is 12.1 Å². The molecule has 0 saturated carbocycles. The van der Waals surface area contributed by atoms with Crippen molar-refractivity contribution in [3.63, 3.8) is 0 Å². The fourth-order valence-corrected chi connectivity index (χ4v) is 7.26. The Balaban J connectivity index is 1.26. The topological polar surface area (TPSA) is 138 Å². The molecular weight excluding hydrogens is 699 g/mol. The fourth-order valence-electron chi connectivity index (χ4n) is 6.11. The summed E-state index contributed by atoms with van der Waals surface area (Å²) in [5, 5.41) is 9.39. The smallest absolute Gasteiger partial charge is 0.407 e. The van der Waals surface area contributed by atoms with Crippen molar-refractivity contribution in [2.24, 2.45) is 0 Å². The molecule has 12 nitrogen and oxygen atoms in total. The molecule has 4 aromatic rings. The van der Waals surface area contributed by atoms with E-state index in [9.17, 15) is 14.4 Å². The number of carbonyl (C=O) groups is 3. The summed E-state index contributed by atoms with van der Waals surface area (Å²) in [6, 6.07) is 18.5. The lowest BCUT2D eigenvalue weighted by Crippen LogP contribution is -2.53. The number of urea groups is 1. The molecule has 4 amide bonds. The number of rotatable bonds is 19. The van der Waals surface area contributed by atoms with Crippen LogP contribution >= 0.6 is 22.7 Å². The Kier molecular flexibility index (Phi) is 15.9. The Hall–Kier alpha value is -4.37. The van der Waals surface area contributed by atoms with Crippen LogP contribution in [0.4, 0.5) is 9.59 Å².